The third kappa shape index (κ3) is 1.96. The van der Waals surface area contributed by atoms with Crippen molar-refractivity contribution in [3.63, 3.8) is 0 Å². The van der Waals surface area contributed by atoms with Gasteiger partial charge in [-0.25, -0.2) is 0 Å². The Bertz CT molecular complexity index is 250. The second-order valence-electron chi connectivity index (χ2n) is 2.59. The quantitative estimate of drug-likeness (QED) is 0.586. The monoisotopic (exact) mass is 166 g/mol. The topological polar surface area (TPSA) is 58.3 Å². The minimum Gasteiger partial charge on any atom is -0.508 e. The van der Waals surface area contributed by atoms with E-state index in [2.05, 4.69) is 5.32 Å². The maximum Gasteiger partial charge on any atom is 0.121 e. The molecule has 0 aromatic heterocycles. The fourth-order valence-electron chi connectivity index (χ4n) is 1.08. The zero-order chi connectivity index (χ0) is 8.97. The summed E-state index contributed by atoms with van der Waals surface area (Å²) >= 11 is 0. The number of phenols is 1. The molecule has 0 aliphatic rings. The molecule has 1 atom stereocenters. The highest BCUT2D eigenvalue weighted by atomic mass is 16.3. The first-order valence-electron chi connectivity index (χ1n) is 4.02. The Morgan fingerprint density at radius 2 is 2.17 bits per heavy atom. The van der Waals surface area contributed by atoms with Crippen molar-refractivity contribution >= 4 is 0 Å². The van der Waals surface area contributed by atoms with E-state index in [1.54, 1.807) is 12.1 Å². The van der Waals surface area contributed by atoms with E-state index in [9.17, 15) is 5.11 Å². The number of aromatic hydroxyl groups is 1. The lowest BCUT2D eigenvalue weighted by molar-refractivity contribution is 0.451. The van der Waals surface area contributed by atoms with Gasteiger partial charge in [-0.3, -0.25) is 5.32 Å². The Labute approximate surface area is 72.2 Å². The maximum absolute atomic E-state index is 9.39. The van der Waals surface area contributed by atoms with E-state index < -0.39 is 0 Å². The second kappa shape index (κ2) is 4.09. The van der Waals surface area contributed by atoms with Crippen molar-refractivity contribution in [1.82, 2.24) is 5.32 Å². The van der Waals surface area contributed by atoms with Crippen molar-refractivity contribution in [2.24, 2.45) is 5.73 Å². The van der Waals surface area contributed by atoms with Crippen molar-refractivity contribution in [2.45, 2.75) is 13.1 Å². The van der Waals surface area contributed by atoms with Crippen molar-refractivity contribution in [2.75, 3.05) is 6.54 Å². The number of hydrogen-bond acceptors (Lipinski definition) is 3. The fraction of sp³-hybridized carbons (Fsp3) is 0.333. The predicted octanol–water partition coefficient (Wildman–Crippen LogP) is 0.959. The molecule has 12 heavy (non-hydrogen) atoms. The lowest BCUT2D eigenvalue weighted by atomic mass is 10.1. The van der Waals surface area contributed by atoms with Crippen molar-refractivity contribution < 1.29 is 5.11 Å². The molecule has 1 aromatic rings. The minimum absolute atomic E-state index is 0.242. The summed E-state index contributed by atoms with van der Waals surface area (Å²) in [5.41, 5.74) is 6.47. The van der Waals surface area contributed by atoms with Gasteiger partial charge in [-0.05, 0) is 12.6 Å². The van der Waals surface area contributed by atoms with Crippen LogP contribution in [0.3, 0.4) is 0 Å². The maximum atomic E-state index is 9.39. The molecule has 0 spiro atoms. The molecule has 0 fully saturated rings. The van der Waals surface area contributed by atoms with E-state index in [-0.39, 0.29) is 11.9 Å². The third-order valence-corrected chi connectivity index (χ3v) is 1.70. The molecule has 3 heteroatoms. The lowest BCUT2D eigenvalue weighted by Crippen LogP contribution is -2.28. The van der Waals surface area contributed by atoms with Gasteiger partial charge in [0.05, 0.1) is 6.17 Å². The van der Waals surface area contributed by atoms with Crippen molar-refractivity contribution in [1.29, 1.82) is 0 Å². The Balaban J connectivity index is 2.79. The van der Waals surface area contributed by atoms with E-state index in [1.165, 1.54) is 0 Å². The standard InChI is InChI=1S/C9H14N2O/c1-2-11-9(10)7-5-3-4-6-8(7)12/h3-6,9,11-12H,2,10H2,1H3. The summed E-state index contributed by atoms with van der Waals surface area (Å²) in [6.07, 6.45) is -0.281. The van der Waals surface area contributed by atoms with Crippen LogP contribution >= 0.6 is 0 Å². The Kier molecular flexibility index (Phi) is 3.08. The Hall–Kier alpha value is -1.06. The van der Waals surface area contributed by atoms with E-state index >= 15 is 0 Å². The first kappa shape index (κ1) is 9.03. The van der Waals surface area contributed by atoms with Gasteiger partial charge >= 0.3 is 0 Å². The number of hydrogen-bond donors (Lipinski definition) is 3. The summed E-state index contributed by atoms with van der Waals surface area (Å²) in [5, 5.41) is 12.4. The molecule has 0 aliphatic heterocycles. The molecule has 1 rings (SSSR count). The summed E-state index contributed by atoms with van der Waals surface area (Å²) < 4.78 is 0. The van der Waals surface area contributed by atoms with Gasteiger partial charge < -0.3 is 10.8 Å². The van der Waals surface area contributed by atoms with E-state index in [0.717, 1.165) is 12.1 Å². The molecule has 3 nitrogen and oxygen atoms in total. The largest absolute Gasteiger partial charge is 0.508 e. The number of nitrogens with one attached hydrogen (secondary N) is 1. The normalized spacial score (nSPS) is 12.8. The second-order valence-corrected chi connectivity index (χ2v) is 2.59. The zero-order valence-corrected chi connectivity index (χ0v) is 7.12. The van der Waals surface area contributed by atoms with Crippen LogP contribution in [-0.4, -0.2) is 11.7 Å². The van der Waals surface area contributed by atoms with Crippen LogP contribution in [0.5, 0.6) is 5.75 Å². The van der Waals surface area contributed by atoms with Crippen LogP contribution < -0.4 is 11.1 Å². The van der Waals surface area contributed by atoms with Crippen LogP contribution in [0.15, 0.2) is 24.3 Å². The van der Waals surface area contributed by atoms with E-state index in [4.69, 9.17) is 5.73 Å². The first-order chi connectivity index (χ1) is 5.75. The molecule has 0 radical (unpaired) electrons. The number of rotatable bonds is 3. The molecule has 1 unspecified atom stereocenters. The zero-order valence-electron chi connectivity index (χ0n) is 7.12. The van der Waals surface area contributed by atoms with Gasteiger partial charge in [0.25, 0.3) is 0 Å². The van der Waals surface area contributed by atoms with Gasteiger partial charge in [0.2, 0.25) is 0 Å². The van der Waals surface area contributed by atoms with Gasteiger partial charge in [0, 0.05) is 5.56 Å². The molecule has 0 saturated heterocycles. The smallest absolute Gasteiger partial charge is 0.121 e. The van der Waals surface area contributed by atoms with Gasteiger partial charge in [-0.2, -0.15) is 0 Å². The molecule has 4 N–H and O–H groups in total. The SMILES string of the molecule is CCNC(N)c1ccccc1O. The third-order valence-electron chi connectivity index (χ3n) is 1.70. The van der Waals surface area contributed by atoms with Crippen LogP contribution in [0.2, 0.25) is 0 Å². The molecule has 0 aliphatic carbocycles. The van der Waals surface area contributed by atoms with Crippen LogP contribution in [0, 0.1) is 0 Å². The van der Waals surface area contributed by atoms with Crippen LogP contribution in [0.25, 0.3) is 0 Å². The van der Waals surface area contributed by atoms with Crippen LogP contribution in [0.1, 0.15) is 18.7 Å². The van der Waals surface area contributed by atoms with Crippen LogP contribution in [0.4, 0.5) is 0 Å². The highest BCUT2D eigenvalue weighted by Crippen LogP contribution is 2.19. The minimum atomic E-state index is -0.281. The van der Waals surface area contributed by atoms with Gasteiger partial charge in [0.15, 0.2) is 0 Å². The fourth-order valence-corrected chi connectivity index (χ4v) is 1.08. The van der Waals surface area contributed by atoms with Gasteiger partial charge in [-0.15, -0.1) is 0 Å². The highest BCUT2D eigenvalue weighted by Gasteiger charge is 2.07. The van der Waals surface area contributed by atoms with E-state index in [1.807, 2.05) is 19.1 Å². The Morgan fingerprint density at radius 1 is 1.50 bits per heavy atom. The molecule has 0 bridgehead atoms. The first-order valence-corrected chi connectivity index (χ1v) is 4.02. The summed E-state index contributed by atoms with van der Waals surface area (Å²) in [4.78, 5) is 0. The molecule has 0 amide bonds. The van der Waals surface area contributed by atoms with Crippen LogP contribution in [-0.2, 0) is 0 Å². The van der Waals surface area contributed by atoms with Crippen molar-refractivity contribution in [3.05, 3.63) is 29.8 Å². The van der Waals surface area contributed by atoms with Crippen molar-refractivity contribution in [3.8, 4) is 5.75 Å². The molecule has 0 saturated carbocycles. The van der Waals surface area contributed by atoms with E-state index in [0.29, 0.717) is 0 Å². The molecule has 0 heterocycles. The number of nitrogens with two attached hydrogens (primary N) is 1. The average molecular weight is 166 g/mol. The summed E-state index contributed by atoms with van der Waals surface area (Å²) in [7, 11) is 0. The summed E-state index contributed by atoms with van der Waals surface area (Å²) in [6, 6.07) is 7.07. The number of phenolic OH excluding ortho intramolecular Hbond substituents is 1. The average Bonchev–Trinajstić information content (AvgIpc) is 2.05. The lowest BCUT2D eigenvalue weighted by Gasteiger charge is -2.13. The van der Waals surface area contributed by atoms with Gasteiger partial charge in [-0.1, -0.05) is 25.1 Å². The summed E-state index contributed by atoms with van der Waals surface area (Å²) in [6.45, 7) is 2.76. The highest BCUT2D eigenvalue weighted by molar-refractivity contribution is 5.33. The molecule has 66 valence electrons. The predicted molar refractivity (Wildman–Crippen MR) is 48.7 cm³/mol. The van der Waals surface area contributed by atoms with Gasteiger partial charge in [0.1, 0.15) is 5.75 Å². The molecule has 1 aromatic carbocycles. The molecular formula is C9H14N2O. The number of benzene rings is 1. The summed E-state index contributed by atoms with van der Waals surface area (Å²) in [5.74, 6) is 0.242. The number of para-hydroxylation sites is 1. The molecular weight excluding hydrogens is 152 g/mol. The Morgan fingerprint density at radius 3 is 2.75 bits per heavy atom.